The second-order valence-corrected chi connectivity index (χ2v) is 5.90. The zero-order chi connectivity index (χ0) is 14.1. The number of rotatable bonds is 4. The molecule has 0 saturated carbocycles. The molecule has 9 heteroatoms. The normalized spacial score (nSPS) is 12.4. The highest BCUT2D eigenvalue weighted by Gasteiger charge is 2.26. The first-order chi connectivity index (χ1) is 8.16. The van der Waals surface area contributed by atoms with Gasteiger partial charge in [0.15, 0.2) is 0 Å². The van der Waals surface area contributed by atoms with Crippen molar-refractivity contribution < 1.29 is 21.6 Å². The quantitative estimate of drug-likeness (QED) is 0.865. The Labute approximate surface area is 107 Å². The molecule has 1 aromatic rings. The first kappa shape index (κ1) is 15.1. The Hall–Kier alpha value is -0.990. The average molecular weight is 303 g/mol. The molecule has 0 bridgehead atoms. The number of anilines is 1. The third kappa shape index (κ3) is 3.06. The second-order valence-electron chi connectivity index (χ2n) is 3.48. The molecular weight excluding hydrogens is 293 g/mol. The molecule has 0 amide bonds. The van der Waals surface area contributed by atoms with Crippen molar-refractivity contribution in [3.8, 4) is 0 Å². The van der Waals surface area contributed by atoms with E-state index < -0.39 is 44.4 Å². The lowest BCUT2D eigenvalue weighted by Gasteiger charge is -2.17. The highest BCUT2D eigenvalue weighted by molar-refractivity contribution is 7.89. The summed E-state index contributed by atoms with van der Waals surface area (Å²) >= 11 is 5.58. The van der Waals surface area contributed by atoms with Gasteiger partial charge in [-0.15, -0.1) is 0 Å². The van der Waals surface area contributed by atoms with Gasteiger partial charge < -0.3 is 5.73 Å². The highest BCUT2D eigenvalue weighted by atomic mass is 35.5. The van der Waals surface area contributed by atoms with Crippen molar-refractivity contribution in [3.05, 3.63) is 23.0 Å². The lowest BCUT2D eigenvalue weighted by atomic mass is 10.3. The summed E-state index contributed by atoms with van der Waals surface area (Å²) in [6, 6.07) is 1.52. The summed E-state index contributed by atoms with van der Waals surface area (Å²) in [5.41, 5.74) is 4.80. The van der Waals surface area contributed by atoms with E-state index in [9.17, 15) is 21.6 Å². The molecule has 0 aliphatic heterocycles. The molecule has 102 valence electrons. The first-order valence-electron chi connectivity index (χ1n) is 4.65. The first-order valence-corrected chi connectivity index (χ1v) is 6.47. The van der Waals surface area contributed by atoms with Crippen LogP contribution in [-0.2, 0) is 10.0 Å². The minimum Gasteiger partial charge on any atom is -0.396 e. The number of hydrogen-bond acceptors (Lipinski definition) is 3. The fraction of sp³-hybridized carbons (Fsp3) is 0.333. The summed E-state index contributed by atoms with van der Waals surface area (Å²) in [6.07, 6.45) is -2.83. The number of nitrogens with zero attached hydrogens (tertiary/aromatic N) is 1. The van der Waals surface area contributed by atoms with Crippen molar-refractivity contribution in [1.29, 1.82) is 0 Å². The summed E-state index contributed by atoms with van der Waals surface area (Å²) in [5, 5.41) is -0.414. The van der Waals surface area contributed by atoms with Crippen LogP contribution in [0.25, 0.3) is 0 Å². The van der Waals surface area contributed by atoms with E-state index in [4.69, 9.17) is 17.3 Å². The SMILES string of the molecule is CN(CC(F)F)S(=O)(=O)c1cc(N)c(F)cc1Cl. The Morgan fingerprint density at radius 1 is 1.44 bits per heavy atom. The predicted molar refractivity (Wildman–Crippen MR) is 61.6 cm³/mol. The van der Waals surface area contributed by atoms with Gasteiger partial charge in [-0.2, -0.15) is 4.31 Å². The Morgan fingerprint density at radius 3 is 2.50 bits per heavy atom. The Kier molecular flexibility index (Phi) is 4.46. The molecule has 0 aliphatic carbocycles. The van der Waals surface area contributed by atoms with Crippen molar-refractivity contribution in [2.24, 2.45) is 0 Å². The van der Waals surface area contributed by atoms with Crippen LogP contribution in [0.4, 0.5) is 18.9 Å². The maximum Gasteiger partial charge on any atom is 0.252 e. The minimum absolute atomic E-state index is 0.414. The van der Waals surface area contributed by atoms with E-state index >= 15 is 0 Å². The summed E-state index contributed by atoms with van der Waals surface area (Å²) in [4.78, 5) is -0.508. The number of nitrogen functional groups attached to an aromatic ring is 1. The Bertz CT molecular complexity index is 551. The minimum atomic E-state index is -4.23. The third-order valence-corrected chi connectivity index (χ3v) is 4.42. The van der Waals surface area contributed by atoms with Gasteiger partial charge >= 0.3 is 0 Å². The second kappa shape index (κ2) is 5.33. The van der Waals surface area contributed by atoms with E-state index in [1.165, 1.54) is 0 Å². The van der Waals surface area contributed by atoms with Gasteiger partial charge in [0.25, 0.3) is 6.43 Å². The van der Waals surface area contributed by atoms with Crippen molar-refractivity contribution in [2.75, 3.05) is 19.3 Å². The van der Waals surface area contributed by atoms with Crippen LogP contribution in [0.5, 0.6) is 0 Å². The monoisotopic (exact) mass is 302 g/mol. The number of sulfonamides is 1. The topological polar surface area (TPSA) is 63.4 Å². The number of benzene rings is 1. The van der Waals surface area contributed by atoms with Crippen LogP contribution in [0.3, 0.4) is 0 Å². The molecule has 18 heavy (non-hydrogen) atoms. The molecular formula is C9H10ClF3N2O2S. The van der Waals surface area contributed by atoms with Crippen LogP contribution >= 0.6 is 11.6 Å². The Balaban J connectivity index is 3.24. The van der Waals surface area contributed by atoms with Gasteiger partial charge in [0.1, 0.15) is 10.7 Å². The molecule has 2 N–H and O–H groups in total. The van der Waals surface area contributed by atoms with E-state index in [1.807, 2.05) is 0 Å². The molecule has 4 nitrogen and oxygen atoms in total. The van der Waals surface area contributed by atoms with Crippen molar-refractivity contribution in [3.63, 3.8) is 0 Å². The van der Waals surface area contributed by atoms with Crippen LogP contribution in [0, 0.1) is 5.82 Å². The molecule has 1 rings (SSSR count). The van der Waals surface area contributed by atoms with Crippen molar-refractivity contribution in [2.45, 2.75) is 11.3 Å². The number of nitrogens with two attached hydrogens (primary N) is 1. The predicted octanol–water partition coefficient (Wildman–Crippen LogP) is 1.95. The van der Waals surface area contributed by atoms with Gasteiger partial charge in [-0.1, -0.05) is 11.6 Å². The van der Waals surface area contributed by atoms with Gasteiger partial charge in [-0.3, -0.25) is 0 Å². The van der Waals surface area contributed by atoms with Crippen molar-refractivity contribution in [1.82, 2.24) is 4.31 Å². The molecule has 0 spiro atoms. The lowest BCUT2D eigenvalue weighted by Crippen LogP contribution is -2.31. The lowest BCUT2D eigenvalue weighted by molar-refractivity contribution is 0.126. The molecule has 1 aromatic carbocycles. The standard InChI is InChI=1S/C9H10ClF3N2O2S/c1-15(4-9(12)13)18(16,17)8-3-7(14)6(11)2-5(8)10/h2-3,9H,4,14H2,1H3. The summed E-state index contributed by atoms with van der Waals surface area (Å²) in [7, 11) is -3.26. The van der Waals surface area contributed by atoms with E-state index in [1.54, 1.807) is 0 Å². The van der Waals surface area contributed by atoms with Gasteiger partial charge in [-0.25, -0.2) is 21.6 Å². The van der Waals surface area contributed by atoms with E-state index in [2.05, 4.69) is 0 Å². The van der Waals surface area contributed by atoms with Crippen LogP contribution in [0.2, 0.25) is 5.02 Å². The molecule has 0 atom stereocenters. The van der Waals surface area contributed by atoms with E-state index in [0.29, 0.717) is 4.31 Å². The Morgan fingerprint density at radius 2 is 2.00 bits per heavy atom. The highest BCUT2D eigenvalue weighted by Crippen LogP contribution is 2.28. The number of alkyl halides is 2. The third-order valence-electron chi connectivity index (χ3n) is 2.13. The molecule has 0 radical (unpaired) electrons. The number of halogens is 4. The number of hydrogen-bond donors (Lipinski definition) is 1. The van der Waals surface area contributed by atoms with Crippen LogP contribution in [-0.4, -0.2) is 32.7 Å². The summed E-state index contributed by atoms with van der Waals surface area (Å²) in [6.45, 7) is -0.990. The smallest absolute Gasteiger partial charge is 0.252 e. The molecule has 0 aliphatic rings. The van der Waals surface area contributed by atoms with Crippen LogP contribution in [0.15, 0.2) is 17.0 Å². The largest absolute Gasteiger partial charge is 0.396 e. The summed E-state index contributed by atoms with van der Waals surface area (Å²) in [5.74, 6) is -0.879. The average Bonchev–Trinajstić information content (AvgIpc) is 2.22. The maximum absolute atomic E-state index is 13.0. The fourth-order valence-corrected chi connectivity index (χ4v) is 2.87. The van der Waals surface area contributed by atoms with Gasteiger partial charge in [0.05, 0.1) is 17.3 Å². The fourth-order valence-electron chi connectivity index (χ4n) is 1.20. The molecule has 0 saturated heterocycles. The maximum atomic E-state index is 13.0. The van der Waals surface area contributed by atoms with Crippen molar-refractivity contribution >= 4 is 27.3 Å². The molecule has 0 heterocycles. The van der Waals surface area contributed by atoms with E-state index in [-0.39, 0.29) is 0 Å². The zero-order valence-corrected chi connectivity index (χ0v) is 10.8. The van der Waals surface area contributed by atoms with Gasteiger partial charge in [-0.05, 0) is 12.1 Å². The van der Waals surface area contributed by atoms with Gasteiger partial charge in [0, 0.05) is 7.05 Å². The summed E-state index contributed by atoms with van der Waals surface area (Å²) < 4.78 is 61.5. The molecule has 0 unspecified atom stereocenters. The van der Waals surface area contributed by atoms with Crippen LogP contribution in [0.1, 0.15) is 0 Å². The van der Waals surface area contributed by atoms with E-state index in [0.717, 1.165) is 19.2 Å². The zero-order valence-electron chi connectivity index (χ0n) is 9.20. The van der Waals surface area contributed by atoms with Crippen LogP contribution < -0.4 is 5.73 Å². The molecule has 0 fully saturated rings. The molecule has 0 aromatic heterocycles. The van der Waals surface area contributed by atoms with Gasteiger partial charge in [0.2, 0.25) is 10.0 Å².